The number of carbonyl (C=O) groups is 2. The predicted molar refractivity (Wildman–Crippen MR) is 43.0 cm³/mol. The van der Waals surface area contributed by atoms with Crippen molar-refractivity contribution in [1.82, 2.24) is 5.32 Å². The van der Waals surface area contributed by atoms with Gasteiger partial charge in [0.1, 0.15) is 0 Å². The van der Waals surface area contributed by atoms with E-state index in [0.717, 1.165) is 0 Å². The third-order valence-electron chi connectivity index (χ3n) is 1.02. The Kier molecular flexibility index (Phi) is 3.88. The van der Waals surface area contributed by atoms with Gasteiger partial charge < -0.3 is 5.32 Å². The number of allylic oxidation sites excluding steroid dienone is 2. The molecule has 0 atom stereocenters. The summed E-state index contributed by atoms with van der Waals surface area (Å²) in [6, 6.07) is 0. The Morgan fingerprint density at radius 3 is 2.36 bits per heavy atom. The molecule has 0 aliphatic rings. The molecular weight excluding hydrogens is 142 g/mol. The number of hydrogen-bond donors (Lipinski definition) is 1. The fourth-order valence-corrected chi connectivity index (χ4v) is 0.563. The zero-order valence-electron chi connectivity index (χ0n) is 6.68. The Hall–Kier alpha value is -1.38. The first-order chi connectivity index (χ1) is 5.11. The van der Waals surface area contributed by atoms with E-state index in [1.54, 1.807) is 6.92 Å². The maximum atomic E-state index is 10.8. The molecule has 11 heavy (non-hydrogen) atoms. The van der Waals surface area contributed by atoms with E-state index in [0.29, 0.717) is 11.9 Å². The molecule has 0 aliphatic carbocycles. The van der Waals surface area contributed by atoms with E-state index in [9.17, 15) is 9.59 Å². The molecule has 0 aromatic heterocycles. The van der Waals surface area contributed by atoms with Gasteiger partial charge in [-0.1, -0.05) is 12.2 Å². The second kappa shape index (κ2) is 4.44. The molecule has 0 unspecified atom stereocenters. The van der Waals surface area contributed by atoms with Crippen molar-refractivity contribution >= 4 is 12.2 Å². The summed E-state index contributed by atoms with van der Waals surface area (Å²) in [5.74, 6) is -0.386. The molecule has 1 N–H and O–H groups in total. The summed E-state index contributed by atoms with van der Waals surface area (Å²) >= 11 is 0. The first kappa shape index (κ1) is 9.62. The number of likely N-dealkylation sites (N-methyl/N-ethyl adjacent to an activating group) is 1. The van der Waals surface area contributed by atoms with Crippen LogP contribution in [-0.2, 0) is 9.59 Å². The van der Waals surface area contributed by atoms with Crippen LogP contribution in [0.1, 0.15) is 6.92 Å². The van der Waals surface area contributed by atoms with Crippen molar-refractivity contribution in [2.24, 2.45) is 0 Å². The Morgan fingerprint density at radius 1 is 1.55 bits per heavy atom. The molecule has 0 spiro atoms. The summed E-state index contributed by atoms with van der Waals surface area (Å²) < 4.78 is 0. The van der Waals surface area contributed by atoms with Crippen LogP contribution in [0.15, 0.2) is 23.8 Å². The minimum atomic E-state index is -0.386. The quantitative estimate of drug-likeness (QED) is 0.210. The first-order valence-electron chi connectivity index (χ1n) is 3.16. The van der Waals surface area contributed by atoms with Gasteiger partial charge in [-0.15, -0.1) is 0 Å². The molecule has 0 bridgehead atoms. The lowest BCUT2D eigenvalue weighted by molar-refractivity contribution is -0.118. The van der Waals surface area contributed by atoms with Crippen LogP contribution < -0.4 is 5.32 Å². The highest BCUT2D eigenvalue weighted by Crippen LogP contribution is 1.96. The normalized spacial score (nSPS) is 10.5. The van der Waals surface area contributed by atoms with Crippen molar-refractivity contribution in [3.05, 3.63) is 23.8 Å². The number of nitrogens with one attached hydrogen (secondary N) is 1. The molecule has 0 rings (SSSR count). The minimum Gasteiger partial charge on any atom is -0.355 e. The largest absolute Gasteiger partial charge is 0.355 e. The van der Waals surface area contributed by atoms with E-state index >= 15 is 0 Å². The van der Waals surface area contributed by atoms with Gasteiger partial charge in [0, 0.05) is 7.05 Å². The lowest BCUT2D eigenvalue weighted by Gasteiger charge is -1.96. The predicted octanol–water partition coefficient (Wildman–Crippen LogP) is 0.434. The van der Waals surface area contributed by atoms with E-state index in [4.69, 9.17) is 0 Å². The summed E-state index contributed by atoms with van der Waals surface area (Å²) in [6.45, 7) is 5.26. The van der Waals surface area contributed by atoms with Crippen LogP contribution >= 0.6 is 0 Å². The van der Waals surface area contributed by atoms with Gasteiger partial charge >= 0.3 is 0 Å². The summed E-state index contributed by atoms with van der Waals surface area (Å²) in [5.41, 5.74) is 0.774. The van der Waals surface area contributed by atoms with Gasteiger partial charge in [-0.3, -0.25) is 9.59 Å². The minimum absolute atomic E-state index is 0.0972. The Balaban J connectivity index is 4.52. The summed E-state index contributed by atoms with van der Waals surface area (Å²) in [7, 11) is 1.47. The van der Waals surface area contributed by atoms with Crippen molar-refractivity contribution in [3.63, 3.8) is 0 Å². The highest BCUT2D eigenvalue weighted by Gasteiger charge is 2.03. The second-order valence-electron chi connectivity index (χ2n) is 2.14. The lowest BCUT2D eigenvalue weighted by atomic mass is 10.2. The molecule has 3 nitrogen and oxygen atoms in total. The van der Waals surface area contributed by atoms with E-state index in [1.807, 2.05) is 0 Å². The molecule has 0 fully saturated rings. The highest BCUT2D eigenvalue weighted by molar-refractivity contribution is 6.10. The third kappa shape index (κ3) is 3.35. The zero-order chi connectivity index (χ0) is 8.85. The summed E-state index contributed by atoms with van der Waals surface area (Å²) in [5, 5.41) is 2.34. The molecule has 0 radical (unpaired) electrons. The Bertz CT molecular complexity index is 216. The summed E-state index contributed by atoms with van der Waals surface area (Å²) in [6.07, 6.45) is 1.94. The number of hydrogen-bond acceptors (Lipinski definition) is 2. The van der Waals surface area contributed by atoms with Crippen molar-refractivity contribution in [3.8, 4) is 0 Å². The van der Waals surface area contributed by atoms with E-state index < -0.39 is 0 Å². The van der Waals surface area contributed by atoms with Crippen LogP contribution in [0.3, 0.4) is 0 Å². The van der Waals surface area contributed by atoms with Crippen LogP contribution in [0.5, 0.6) is 0 Å². The third-order valence-corrected chi connectivity index (χ3v) is 1.02. The molecule has 0 saturated carbocycles. The van der Waals surface area contributed by atoms with E-state index in [2.05, 4.69) is 11.9 Å². The fraction of sp³-hybridized carbons (Fsp3) is 0.250. The molecule has 1 amide bonds. The zero-order valence-corrected chi connectivity index (χ0v) is 6.68. The summed E-state index contributed by atoms with van der Waals surface area (Å²) in [4.78, 5) is 21.1. The number of rotatable bonds is 3. The van der Waals surface area contributed by atoms with Crippen LogP contribution in [0, 0.1) is 0 Å². The van der Waals surface area contributed by atoms with E-state index in [1.165, 1.54) is 13.1 Å². The number of amides is 1. The first-order valence-corrected chi connectivity index (χ1v) is 3.16. The fourth-order valence-electron chi connectivity index (χ4n) is 0.563. The monoisotopic (exact) mass is 153 g/mol. The van der Waals surface area contributed by atoms with Crippen molar-refractivity contribution in [2.75, 3.05) is 7.05 Å². The van der Waals surface area contributed by atoms with E-state index in [-0.39, 0.29) is 11.5 Å². The topological polar surface area (TPSA) is 46.2 Å². The molecule has 60 valence electrons. The van der Waals surface area contributed by atoms with Crippen LogP contribution in [0.25, 0.3) is 0 Å². The van der Waals surface area contributed by atoms with Gasteiger partial charge in [-0.05, 0) is 13.0 Å². The van der Waals surface area contributed by atoms with Gasteiger partial charge in [-0.2, -0.15) is 0 Å². The Morgan fingerprint density at radius 2 is 2.09 bits per heavy atom. The average molecular weight is 153 g/mol. The van der Waals surface area contributed by atoms with Gasteiger partial charge in [0.25, 0.3) is 5.91 Å². The SMILES string of the molecule is C=C(C)/C=C(\C=O)C(=O)NC. The Labute approximate surface area is 65.8 Å². The maximum absolute atomic E-state index is 10.8. The van der Waals surface area contributed by atoms with Gasteiger partial charge in [0.15, 0.2) is 6.29 Å². The van der Waals surface area contributed by atoms with Gasteiger partial charge in [0.2, 0.25) is 0 Å². The van der Waals surface area contributed by atoms with Crippen molar-refractivity contribution < 1.29 is 9.59 Å². The van der Waals surface area contributed by atoms with Gasteiger partial charge in [-0.25, -0.2) is 0 Å². The van der Waals surface area contributed by atoms with Crippen LogP contribution in [0.4, 0.5) is 0 Å². The second-order valence-corrected chi connectivity index (χ2v) is 2.14. The van der Waals surface area contributed by atoms with Crippen molar-refractivity contribution in [1.29, 1.82) is 0 Å². The highest BCUT2D eigenvalue weighted by atomic mass is 16.2. The van der Waals surface area contributed by atoms with Crippen LogP contribution in [0.2, 0.25) is 0 Å². The molecule has 0 aliphatic heterocycles. The lowest BCUT2D eigenvalue weighted by Crippen LogP contribution is -2.20. The van der Waals surface area contributed by atoms with Crippen LogP contribution in [-0.4, -0.2) is 19.2 Å². The van der Waals surface area contributed by atoms with Gasteiger partial charge in [0.05, 0.1) is 5.57 Å². The molecular formula is C8H11NO2. The standard InChI is InChI=1S/C8H11NO2/c1-6(2)4-7(5-10)8(11)9-3/h4-5H,1H2,2-3H3,(H,9,11)/b7-4+. The molecule has 0 saturated heterocycles. The maximum Gasteiger partial charge on any atom is 0.254 e. The smallest absolute Gasteiger partial charge is 0.254 e. The van der Waals surface area contributed by atoms with Crippen molar-refractivity contribution in [2.45, 2.75) is 6.92 Å². The molecule has 3 heteroatoms. The number of carbonyl (C=O) groups excluding carboxylic acids is 2. The average Bonchev–Trinajstić information content (AvgIpc) is 1.98. The molecule has 0 aromatic rings. The molecule has 0 heterocycles. The number of aldehydes is 1. The molecule has 0 aromatic carbocycles.